The monoisotopic (exact) mass is 418 g/mol. The van der Waals surface area contributed by atoms with Gasteiger partial charge in [-0.25, -0.2) is 4.79 Å². The Morgan fingerprint density at radius 3 is 2.65 bits per heavy atom. The number of amides is 1. The second kappa shape index (κ2) is 8.31. The summed E-state index contributed by atoms with van der Waals surface area (Å²) in [5.74, 6) is -0.497. The maximum absolute atomic E-state index is 12.7. The lowest BCUT2D eigenvalue weighted by Crippen LogP contribution is -2.23. The Hall–Kier alpha value is -3.53. The van der Waals surface area contributed by atoms with Crippen LogP contribution in [0.25, 0.3) is 10.9 Å². The van der Waals surface area contributed by atoms with Crippen LogP contribution in [-0.4, -0.2) is 27.6 Å². The third-order valence-corrected chi connectivity index (χ3v) is 6.27. The van der Waals surface area contributed by atoms with E-state index in [-0.39, 0.29) is 6.04 Å². The fraction of sp³-hybridized carbons (Fsp3) is 0.375. The van der Waals surface area contributed by atoms with Crippen LogP contribution in [0.5, 0.6) is 0 Å². The Balaban J connectivity index is 1.51. The van der Waals surface area contributed by atoms with Crippen LogP contribution < -0.4 is 5.32 Å². The first-order chi connectivity index (χ1) is 14.9. The van der Waals surface area contributed by atoms with E-state index in [0.717, 1.165) is 47.8 Å². The number of carbonyl (C=O) groups is 2. The summed E-state index contributed by atoms with van der Waals surface area (Å²) in [7, 11) is 1.86. The Labute approximate surface area is 181 Å². The zero-order chi connectivity index (χ0) is 22.1. The highest BCUT2D eigenvalue weighted by molar-refractivity contribution is 6.05. The normalized spacial score (nSPS) is 14.0. The van der Waals surface area contributed by atoms with Gasteiger partial charge in [-0.05, 0) is 38.3 Å². The van der Waals surface area contributed by atoms with Gasteiger partial charge < -0.3 is 19.2 Å². The number of nitrogens with zero attached hydrogens (tertiary/aromatic N) is 3. The molecule has 1 fully saturated rings. The molecule has 0 spiro atoms. The zero-order valence-electron chi connectivity index (χ0n) is 18.1. The fourth-order valence-electron chi connectivity index (χ4n) is 4.59. The second-order valence-corrected chi connectivity index (χ2v) is 8.15. The van der Waals surface area contributed by atoms with Gasteiger partial charge >= 0.3 is 5.97 Å². The number of anilines is 1. The van der Waals surface area contributed by atoms with Crippen LogP contribution in [0.1, 0.15) is 58.9 Å². The number of hydrogen-bond acceptors (Lipinski definition) is 4. The van der Waals surface area contributed by atoms with E-state index in [9.17, 15) is 14.9 Å². The van der Waals surface area contributed by atoms with Crippen LogP contribution in [0, 0.1) is 25.2 Å². The standard InChI is InChI=1S/C24H26N4O3/c1-15-16(2)28(17-8-4-5-9-17)23(19(15)12-25)26-22(29)14-31-24(30)20-13-27(3)21-11-7-6-10-18(20)21/h6-7,10-11,13,17H,4-5,8-9,14H2,1-3H3,(H,26,29). The number of carbonyl (C=O) groups excluding carboxylic acids is 2. The quantitative estimate of drug-likeness (QED) is 0.623. The van der Waals surface area contributed by atoms with Gasteiger partial charge in [0.15, 0.2) is 6.61 Å². The summed E-state index contributed by atoms with van der Waals surface area (Å²) in [5.41, 5.74) is 3.67. The van der Waals surface area contributed by atoms with E-state index in [4.69, 9.17) is 4.74 Å². The van der Waals surface area contributed by atoms with Crippen molar-refractivity contribution >= 4 is 28.6 Å². The van der Waals surface area contributed by atoms with Gasteiger partial charge in [-0.3, -0.25) is 4.79 Å². The molecule has 0 saturated heterocycles. The molecule has 2 aromatic heterocycles. The average molecular weight is 418 g/mol. The molecule has 0 radical (unpaired) electrons. The summed E-state index contributed by atoms with van der Waals surface area (Å²) in [6.45, 7) is 3.46. The molecule has 7 heteroatoms. The lowest BCUT2D eigenvalue weighted by molar-refractivity contribution is -0.119. The number of nitriles is 1. The number of esters is 1. The van der Waals surface area contributed by atoms with Gasteiger partial charge in [-0.1, -0.05) is 31.0 Å². The smallest absolute Gasteiger partial charge is 0.340 e. The molecule has 1 N–H and O–H groups in total. The molecular formula is C24H26N4O3. The van der Waals surface area contributed by atoms with E-state index >= 15 is 0 Å². The molecule has 0 unspecified atom stereocenters. The predicted molar refractivity (Wildman–Crippen MR) is 118 cm³/mol. The highest BCUT2D eigenvalue weighted by Gasteiger charge is 2.27. The molecule has 0 bridgehead atoms. The van der Waals surface area contributed by atoms with Crippen molar-refractivity contribution in [1.29, 1.82) is 5.26 Å². The van der Waals surface area contributed by atoms with Crippen molar-refractivity contribution in [3.8, 4) is 6.07 Å². The molecule has 31 heavy (non-hydrogen) atoms. The number of aryl methyl sites for hydroxylation is 1. The number of aromatic nitrogens is 2. The number of fused-ring (bicyclic) bond motifs is 1. The predicted octanol–water partition coefficient (Wildman–Crippen LogP) is 4.38. The molecule has 0 aliphatic heterocycles. The van der Waals surface area contributed by atoms with Crippen LogP contribution in [0.3, 0.4) is 0 Å². The summed E-state index contributed by atoms with van der Waals surface area (Å²) in [6, 6.07) is 10.0. The average Bonchev–Trinajstić information content (AvgIpc) is 3.46. The van der Waals surface area contributed by atoms with E-state index in [2.05, 4.69) is 16.0 Å². The van der Waals surface area contributed by atoms with E-state index in [1.54, 1.807) is 6.20 Å². The van der Waals surface area contributed by atoms with Crippen LogP contribution >= 0.6 is 0 Å². The molecule has 1 aliphatic rings. The minimum Gasteiger partial charge on any atom is -0.452 e. The molecule has 1 aliphatic carbocycles. The van der Waals surface area contributed by atoms with Crippen LogP contribution in [-0.2, 0) is 16.6 Å². The first kappa shape index (κ1) is 20.7. The number of rotatable bonds is 5. The molecular weight excluding hydrogens is 392 g/mol. The van der Waals surface area contributed by atoms with Crippen molar-refractivity contribution in [2.24, 2.45) is 7.05 Å². The highest BCUT2D eigenvalue weighted by atomic mass is 16.5. The summed E-state index contributed by atoms with van der Waals surface area (Å²) >= 11 is 0. The van der Waals surface area contributed by atoms with Gasteiger partial charge in [-0.15, -0.1) is 0 Å². The van der Waals surface area contributed by atoms with Crippen LogP contribution in [0.4, 0.5) is 5.82 Å². The SMILES string of the molecule is Cc1c(C#N)c(NC(=O)COC(=O)c2cn(C)c3ccccc23)n(C2CCCC2)c1C. The van der Waals surface area contributed by atoms with E-state index in [1.807, 2.05) is 49.7 Å². The van der Waals surface area contributed by atoms with Crippen LogP contribution in [0.15, 0.2) is 30.5 Å². The zero-order valence-corrected chi connectivity index (χ0v) is 18.1. The van der Waals surface area contributed by atoms with Gasteiger partial charge in [0, 0.05) is 35.9 Å². The Morgan fingerprint density at radius 1 is 1.23 bits per heavy atom. The Morgan fingerprint density at radius 2 is 1.94 bits per heavy atom. The lowest BCUT2D eigenvalue weighted by Gasteiger charge is -2.19. The van der Waals surface area contributed by atoms with E-state index in [1.165, 1.54) is 0 Å². The molecule has 1 saturated carbocycles. The first-order valence-corrected chi connectivity index (χ1v) is 10.5. The topological polar surface area (TPSA) is 89.1 Å². The maximum Gasteiger partial charge on any atom is 0.340 e. The third-order valence-electron chi connectivity index (χ3n) is 6.27. The minimum atomic E-state index is -0.550. The summed E-state index contributed by atoms with van der Waals surface area (Å²) in [5, 5.41) is 13.3. The molecule has 1 aromatic carbocycles. The Kier molecular flexibility index (Phi) is 5.55. The van der Waals surface area contributed by atoms with Crippen LogP contribution in [0.2, 0.25) is 0 Å². The highest BCUT2D eigenvalue weighted by Crippen LogP contribution is 2.37. The van der Waals surface area contributed by atoms with E-state index in [0.29, 0.717) is 16.9 Å². The van der Waals surface area contributed by atoms with Crippen molar-refractivity contribution in [2.75, 3.05) is 11.9 Å². The number of ether oxygens (including phenoxy) is 1. The van der Waals surface area contributed by atoms with Crippen molar-refractivity contribution < 1.29 is 14.3 Å². The van der Waals surface area contributed by atoms with Gasteiger partial charge in [0.05, 0.1) is 11.1 Å². The molecule has 4 rings (SSSR count). The summed E-state index contributed by atoms with van der Waals surface area (Å²) in [4.78, 5) is 25.3. The molecule has 7 nitrogen and oxygen atoms in total. The number of benzene rings is 1. The fourth-order valence-corrected chi connectivity index (χ4v) is 4.59. The maximum atomic E-state index is 12.7. The second-order valence-electron chi connectivity index (χ2n) is 8.15. The molecule has 160 valence electrons. The van der Waals surface area contributed by atoms with Gasteiger partial charge in [0.2, 0.25) is 0 Å². The molecule has 0 atom stereocenters. The molecule has 2 heterocycles. The third kappa shape index (κ3) is 3.70. The van der Waals surface area contributed by atoms with Gasteiger partial charge in [0.1, 0.15) is 11.9 Å². The van der Waals surface area contributed by atoms with Gasteiger partial charge in [-0.2, -0.15) is 5.26 Å². The van der Waals surface area contributed by atoms with Crippen molar-refractivity contribution in [2.45, 2.75) is 45.6 Å². The lowest BCUT2D eigenvalue weighted by atomic mass is 10.2. The largest absolute Gasteiger partial charge is 0.452 e. The number of nitrogens with one attached hydrogen (secondary N) is 1. The minimum absolute atomic E-state index is 0.273. The number of para-hydroxylation sites is 1. The van der Waals surface area contributed by atoms with Gasteiger partial charge in [0.25, 0.3) is 5.91 Å². The van der Waals surface area contributed by atoms with Crippen molar-refractivity contribution in [1.82, 2.24) is 9.13 Å². The summed E-state index contributed by atoms with van der Waals surface area (Å²) < 4.78 is 9.23. The summed E-state index contributed by atoms with van der Waals surface area (Å²) in [6.07, 6.45) is 6.03. The first-order valence-electron chi connectivity index (χ1n) is 10.5. The van der Waals surface area contributed by atoms with Crippen molar-refractivity contribution in [3.05, 3.63) is 52.8 Å². The number of hydrogen-bond donors (Lipinski definition) is 1. The van der Waals surface area contributed by atoms with Crippen molar-refractivity contribution in [3.63, 3.8) is 0 Å². The molecule has 1 amide bonds. The van der Waals surface area contributed by atoms with E-state index < -0.39 is 18.5 Å². The Bertz CT molecular complexity index is 1210. The molecule has 3 aromatic rings.